The molecule has 0 saturated heterocycles. The van der Waals surface area contributed by atoms with Crippen molar-refractivity contribution in [2.45, 2.75) is 97.6 Å². The first-order valence-corrected chi connectivity index (χ1v) is 8.37. The molecule has 0 amide bonds. The zero-order valence-corrected chi connectivity index (χ0v) is 14.1. The van der Waals surface area contributed by atoms with Gasteiger partial charge in [0.15, 0.2) is 0 Å². The topological polar surface area (TPSA) is 21.3 Å². The number of nitrogens with one attached hydrogen (secondary N) is 1. The molecule has 2 nitrogen and oxygen atoms in total. The van der Waals surface area contributed by atoms with Crippen molar-refractivity contribution in [3.63, 3.8) is 0 Å². The van der Waals surface area contributed by atoms with Crippen LogP contribution in [-0.4, -0.2) is 24.8 Å². The Hall–Kier alpha value is -0.0800. The molecule has 1 atom stereocenters. The second-order valence-electron chi connectivity index (χ2n) is 6.59. The standard InChI is InChI=1S/C17H37NO/c1-6-8-9-10-11-12-13-14-16(18-7-2)15-19-17(3,4)5/h16,18H,6-15H2,1-5H3. The highest BCUT2D eigenvalue weighted by molar-refractivity contribution is 4.68. The summed E-state index contributed by atoms with van der Waals surface area (Å²) in [7, 11) is 0. The lowest BCUT2D eigenvalue weighted by Gasteiger charge is -2.25. The molecule has 0 bridgehead atoms. The van der Waals surface area contributed by atoms with Crippen LogP contribution in [0.1, 0.15) is 86.0 Å². The maximum Gasteiger partial charge on any atom is 0.0626 e. The van der Waals surface area contributed by atoms with Crippen molar-refractivity contribution in [2.24, 2.45) is 0 Å². The lowest BCUT2D eigenvalue weighted by atomic mass is 10.1. The monoisotopic (exact) mass is 271 g/mol. The third-order valence-corrected chi connectivity index (χ3v) is 3.37. The Kier molecular flexibility index (Phi) is 11.7. The molecule has 0 aromatic carbocycles. The Labute approximate surface area is 121 Å². The number of hydrogen-bond donors (Lipinski definition) is 1. The van der Waals surface area contributed by atoms with Crippen LogP contribution in [0.4, 0.5) is 0 Å². The van der Waals surface area contributed by atoms with Crippen molar-refractivity contribution >= 4 is 0 Å². The lowest BCUT2D eigenvalue weighted by Crippen LogP contribution is -2.36. The van der Waals surface area contributed by atoms with E-state index in [9.17, 15) is 0 Å². The molecule has 1 unspecified atom stereocenters. The molecule has 0 rings (SSSR count). The molecule has 19 heavy (non-hydrogen) atoms. The second kappa shape index (κ2) is 11.7. The predicted molar refractivity (Wildman–Crippen MR) is 85.8 cm³/mol. The Bertz CT molecular complexity index is 186. The van der Waals surface area contributed by atoms with Crippen molar-refractivity contribution in [1.82, 2.24) is 5.32 Å². The van der Waals surface area contributed by atoms with Gasteiger partial charge in [-0.2, -0.15) is 0 Å². The van der Waals surface area contributed by atoms with Crippen molar-refractivity contribution < 1.29 is 4.74 Å². The average molecular weight is 271 g/mol. The maximum absolute atomic E-state index is 5.89. The average Bonchev–Trinajstić information content (AvgIpc) is 2.33. The molecule has 0 saturated carbocycles. The van der Waals surface area contributed by atoms with Crippen LogP contribution in [0.15, 0.2) is 0 Å². The van der Waals surface area contributed by atoms with Crippen LogP contribution in [0, 0.1) is 0 Å². The zero-order valence-electron chi connectivity index (χ0n) is 14.1. The first-order valence-electron chi connectivity index (χ1n) is 8.37. The minimum atomic E-state index is -0.0200. The van der Waals surface area contributed by atoms with Gasteiger partial charge in [0.1, 0.15) is 0 Å². The molecule has 0 aromatic rings. The molecular formula is C17H37NO. The van der Waals surface area contributed by atoms with Crippen molar-refractivity contribution in [1.29, 1.82) is 0 Å². The molecule has 0 radical (unpaired) electrons. The summed E-state index contributed by atoms with van der Waals surface area (Å²) in [6, 6.07) is 0.528. The van der Waals surface area contributed by atoms with E-state index >= 15 is 0 Å². The predicted octanol–water partition coefficient (Wildman–Crippen LogP) is 4.92. The van der Waals surface area contributed by atoms with Gasteiger partial charge in [0.2, 0.25) is 0 Å². The highest BCUT2D eigenvalue weighted by Gasteiger charge is 2.14. The maximum atomic E-state index is 5.89. The normalized spacial score (nSPS) is 13.7. The van der Waals surface area contributed by atoms with Crippen LogP contribution < -0.4 is 5.32 Å². The zero-order chi connectivity index (χ0) is 14.6. The summed E-state index contributed by atoms with van der Waals surface area (Å²) in [5.74, 6) is 0. The quantitative estimate of drug-likeness (QED) is 0.509. The highest BCUT2D eigenvalue weighted by Crippen LogP contribution is 2.12. The van der Waals surface area contributed by atoms with E-state index in [-0.39, 0.29) is 5.60 Å². The molecule has 0 aliphatic heterocycles. The fraction of sp³-hybridized carbons (Fsp3) is 1.00. The van der Waals surface area contributed by atoms with E-state index in [0.717, 1.165) is 13.2 Å². The van der Waals surface area contributed by atoms with E-state index in [2.05, 4.69) is 39.9 Å². The van der Waals surface area contributed by atoms with Crippen molar-refractivity contribution in [2.75, 3.05) is 13.2 Å². The van der Waals surface area contributed by atoms with Crippen LogP contribution in [0.2, 0.25) is 0 Å². The molecule has 0 aliphatic rings. The van der Waals surface area contributed by atoms with E-state index in [1.54, 1.807) is 0 Å². The Morgan fingerprint density at radius 3 is 2.00 bits per heavy atom. The minimum absolute atomic E-state index is 0.0200. The Morgan fingerprint density at radius 1 is 0.895 bits per heavy atom. The fourth-order valence-corrected chi connectivity index (χ4v) is 2.23. The Morgan fingerprint density at radius 2 is 1.47 bits per heavy atom. The molecule has 0 aliphatic carbocycles. The van der Waals surface area contributed by atoms with E-state index in [1.807, 2.05) is 0 Å². The first kappa shape index (κ1) is 18.9. The van der Waals surface area contributed by atoms with E-state index in [4.69, 9.17) is 4.74 Å². The number of rotatable bonds is 12. The van der Waals surface area contributed by atoms with Gasteiger partial charge in [-0.05, 0) is 33.7 Å². The summed E-state index contributed by atoms with van der Waals surface area (Å²) < 4.78 is 5.89. The molecule has 0 fully saturated rings. The summed E-state index contributed by atoms with van der Waals surface area (Å²) in [5, 5.41) is 3.54. The summed E-state index contributed by atoms with van der Waals surface area (Å²) in [5.41, 5.74) is -0.0200. The van der Waals surface area contributed by atoms with E-state index in [1.165, 1.54) is 51.4 Å². The molecule has 1 N–H and O–H groups in total. The van der Waals surface area contributed by atoms with Crippen molar-refractivity contribution in [3.05, 3.63) is 0 Å². The third-order valence-electron chi connectivity index (χ3n) is 3.37. The van der Waals surface area contributed by atoms with Gasteiger partial charge < -0.3 is 10.1 Å². The van der Waals surface area contributed by atoms with Crippen LogP contribution >= 0.6 is 0 Å². The molecule has 0 spiro atoms. The van der Waals surface area contributed by atoms with Crippen LogP contribution in [-0.2, 0) is 4.74 Å². The van der Waals surface area contributed by atoms with E-state index in [0.29, 0.717) is 6.04 Å². The van der Waals surface area contributed by atoms with Crippen LogP contribution in [0.25, 0.3) is 0 Å². The summed E-state index contributed by atoms with van der Waals surface area (Å²) in [6.45, 7) is 12.7. The largest absolute Gasteiger partial charge is 0.374 e. The van der Waals surface area contributed by atoms with Gasteiger partial charge >= 0.3 is 0 Å². The van der Waals surface area contributed by atoms with Gasteiger partial charge in [-0.1, -0.05) is 58.8 Å². The highest BCUT2D eigenvalue weighted by atomic mass is 16.5. The lowest BCUT2D eigenvalue weighted by molar-refractivity contribution is -0.0154. The molecular weight excluding hydrogens is 234 g/mol. The summed E-state index contributed by atoms with van der Waals surface area (Å²) >= 11 is 0. The molecule has 2 heteroatoms. The molecule has 0 aromatic heterocycles. The fourth-order valence-electron chi connectivity index (χ4n) is 2.23. The third kappa shape index (κ3) is 14.1. The van der Waals surface area contributed by atoms with Crippen molar-refractivity contribution in [3.8, 4) is 0 Å². The van der Waals surface area contributed by atoms with Gasteiger partial charge in [-0.15, -0.1) is 0 Å². The van der Waals surface area contributed by atoms with Crippen LogP contribution in [0.3, 0.4) is 0 Å². The first-order chi connectivity index (χ1) is 8.99. The smallest absolute Gasteiger partial charge is 0.0626 e. The summed E-state index contributed by atoms with van der Waals surface area (Å²) in [4.78, 5) is 0. The SMILES string of the molecule is CCCCCCCCCC(COC(C)(C)C)NCC. The van der Waals surface area contributed by atoms with Crippen LogP contribution in [0.5, 0.6) is 0 Å². The minimum Gasteiger partial charge on any atom is -0.374 e. The van der Waals surface area contributed by atoms with Gasteiger partial charge in [0.05, 0.1) is 12.2 Å². The van der Waals surface area contributed by atoms with Gasteiger partial charge in [-0.3, -0.25) is 0 Å². The number of ether oxygens (including phenoxy) is 1. The van der Waals surface area contributed by atoms with E-state index < -0.39 is 0 Å². The Balaban J connectivity index is 3.59. The van der Waals surface area contributed by atoms with Gasteiger partial charge in [0, 0.05) is 6.04 Å². The summed E-state index contributed by atoms with van der Waals surface area (Å²) in [6.07, 6.45) is 10.9. The number of likely N-dealkylation sites (N-methyl/N-ethyl adjacent to an activating group) is 1. The molecule has 116 valence electrons. The number of unbranched alkanes of at least 4 members (excludes halogenated alkanes) is 6. The molecule has 0 heterocycles. The van der Waals surface area contributed by atoms with Gasteiger partial charge in [-0.25, -0.2) is 0 Å². The van der Waals surface area contributed by atoms with Gasteiger partial charge in [0.25, 0.3) is 0 Å². The number of hydrogen-bond acceptors (Lipinski definition) is 2. The second-order valence-corrected chi connectivity index (χ2v) is 6.59.